The molecule has 0 bridgehead atoms. The van der Waals surface area contributed by atoms with E-state index in [-0.39, 0.29) is 68.4 Å². The van der Waals surface area contributed by atoms with Gasteiger partial charge in [-0.2, -0.15) is 4.68 Å². The molecule has 0 fully saturated rings. The second kappa shape index (κ2) is 21.6. The first-order valence-corrected chi connectivity index (χ1v) is 15.5. The Balaban J connectivity index is 0.000000348. The number of rotatable bonds is 5. The van der Waals surface area contributed by atoms with Gasteiger partial charge in [-0.1, -0.05) is 158 Å². The number of halogens is 2. The van der Waals surface area contributed by atoms with Gasteiger partial charge >= 0.3 is 20.4 Å². The Labute approximate surface area is 313 Å². The molecule has 6 heteroatoms. The molecule has 2 nitrogen and oxygen atoms in total. The second-order valence-electron chi connectivity index (χ2n) is 9.66. The molecule has 6 rings (SSSR count). The molecule has 230 valence electrons. The van der Waals surface area contributed by atoms with Gasteiger partial charge in [-0.3, -0.25) is 0 Å². The molecule has 1 aromatic heterocycles. The fourth-order valence-electron chi connectivity index (χ4n) is 4.70. The summed E-state index contributed by atoms with van der Waals surface area (Å²) in [6.45, 7) is 9.38. The minimum absolute atomic E-state index is 0. The van der Waals surface area contributed by atoms with Gasteiger partial charge in [-0.25, -0.2) is 0 Å². The first kappa shape index (κ1) is 39.9. The zero-order chi connectivity index (χ0) is 28.9. The van der Waals surface area contributed by atoms with E-state index in [1.54, 1.807) is 0 Å². The van der Waals surface area contributed by atoms with E-state index in [1.165, 1.54) is 32.9 Å². The molecule has 0 unspecified atom stereocenters. The number of hydrogen-bond acceptors (Lipinski definition) is 0. The molecule has 6 aromatic rings. The van der Waals surface area contributed by atoms with Crippen LogP contribution in [0.4, 0.5) is 0 Å². The van der Waals surface area contributed by atoms with Crippen LogP contribution < -0.4 is 68.5 Å². The van der Waals surface area contributed by atoms with Crippen molar-refractivity contribution in [3.8, 4) is 5.69 Å². The Morgan fingerprint density at radius 1 is 0.545 bits per heavy atom. The summed E-state index contributed by atoms with van der Waals surface area (Å²) in [6.07, 6.45) is 0. The average Bonchev–Trinajstić information content (AvgIpc) is 3.32. The van der Waals surface area contributed by atoms with Crippen molar-refractivity contribution in [2.45, 2.75) is 34.2 Å². The van der Waals surface area contributed by atoms with Crippen molar-refractivity contribution in [2.24, 2.45) is 0 Å². The molecule has 1 heterocycles. The molecule has 0 aliphatic heterocycles. The maximum absolute atomic E-state index is 3.35. The van der Waals surface area contributed by atoms with Gasteiger partial charge in [-0.15, -0.1) is 4.68 Å². The van der Waals surface area contributed by atoms with Gasteiger partial charge in [-0.05, 0) is 44.6 Å². The molecule has 5 aromatic carbocycles. The molecule has 0 atom stereocenters. The summed E-state index contributed by atoms with van der Waals surface area (Å²) in [5.74, 6) is 0. The van der Waals surface area contributed by atoms with E-state index < -0.39 is 7.92 Å². The van der Waals surface area contributed by atoms with Gasteiger partial charge in [0, 0.05) is 17.8 Å². The Morgan fingerprint density at radius 3 is 1.20 bits per heavy atom. The molecule has 0 N–H and O–H groups in total. The molecule has 0 spiro atoms. The number of nitrogens with zero attached hydrogens (tertiary/aromatic N) is 2. The molecular weight excluding hydrogens is 876 g/mol. The molecule has 0 aliphatic carbocycles. The quantitative estimate of drug-likeness (QED) is 0.0820. The molecule has 0 saturated carbocycles. The largest absolute Gasteiger partial charge is 2.00 e. The van der Waals surface area contributed by atoms with Gasteiger partial charge < -0.3 is 54.0 Å². The summed E-state index contributed by atoms with van der Waals surface area (Å²) in [5, 5.41) is 4.19. The summed E-state index contributed by atoms with van der Waals surface area (Å²) in [6, 6.07) is 56.3. The molecule has 0 saturated heterocycles. The van der Waals surface area contributed by atoms with E-state index in [4.69, 9.17) is 0 Å². The van der Waals surface area contributed by atoms with Gasteiger partial charge in [0.1, 0.15) is 0 Å². The monoisotopic (exact) mass is 914 g/mol. The van der Waals surface area contributed by atoms with E-state index in [0.29, 0.717) is 0 Å². The van der Waals surface area contributed by atoms with Crippen LogP contribution in [0.15, 0.2) is 152 Å². The maximum Gasteiger partial charge on any atom is 2.00 e. The van der Waals surface area contributed by atoms with Gasteiger partial charge in [0.2, 0.25) is 5.69 Å². The van der Waals surface area contributed by atoms with Crippen LogP contribution in [0, 0.1) is 26.8 Å². The van der Waals surface area contributed by atoms with Crippen molar-refractivity contribution < 1.29 is 73.1 Å². The van der Waals surface area contributed by atoms with Crippen LogP contribution in [0.5, 0.6) is 0 Å². The van der Waals surface area contributed by atoms with Crippen LogP contribution >= 0.6 is 7.92 Å². The number of para-hydroxylation sites is 1. The standard InChI is InChI=1S/C18H15P.C13H16N2.C7H8.2HI.Pd/c1-4-10-16(11-5-1)19(17-12-6-2-7-13-17)18-14-8-3-9-15-18;1-4-14-11(2)10-12(3)15(14)13-8-6-5-7-9-13;1-7-5-3-2-4-6-7;;;/h1-15H;5-9H,4H2,1-3H3;2-6H,1H3;2*1H;/q;;;;;+2/p-2. The van der Waals surface area contributed by atoms with Crippen LogP contribution in [0.25, 0.3) is 5.69 Å². The number of aromatic nitrogens is 2. The number of benzene rings is 5. The number of hydrogen-bond donors (Lipinski definition) is 0. The van der Waals surface area contributed by atoms with Gasteiger partial charge in [0.25, 0.3) is 0 Å². The zero-order valence-electron chi connectivity index (χ0n) is 25.6. The van der Waals surface area contributed by atoms with E-state index >= 15 is 0 Å². The predicted octanol–water partition coefficient (Wildman–Crippen LogP) is 1.65. The third-order valence-electron chi connectivity index (χ3n) is 6.59. The fraction of sp³-hybridized carbons (Fsp3) is 0.132. The van der Waals surface area contributed by atoms with Crippen molar-refractivity contribution in [3.05, 3.63) is 175 Å². The summed E-state index contributed by atoms with van der Waals surface area (Å²) in [4.78, 5) is 0. The third kappa shape index (κ3) is 11.7. The van der Waals surface area contributed by atoms with Crippen molar-refractivity contribution in [2.75, 3.05) is 0 Å². The first-order valence-electron chi connectivity index (χ1n) is 14.1. The minimum Gasteiger partial charge on any atom is -1.00 e. The van der Waals surface area contributed by atoms with Crippen molar-refractivity contribution in [1.82, 2.24) is 4.68 Å². The Bertz CT molecular complexity index is 1490. The number of aryl methyl sites for hydroxylation is 3. The van der Waals surface area contributed by atoms with Gasteiger partial charge in [0.05, 0.1) is 6.54 Å². The summed E-state index contributed by atoms with van der Waals surface area (Å²) < 4.78 is 4.43. The Morgan fingerprint density at radius 2 is 0.886 bits per heavy atom. The zero-order valence-corrected chi connectivity index (χ0v) is 32.3. The first-order chi connectivity index (χ1) is 20.1. The van der Waals surface area contributed by atoms with Crippen molar-refractivity contribution in [3.63, 3.8) is 0 Å². The maximum atomic E-state index is 3.35. The molecule has 0 amide bonds. The topological polar surface area (TPSA) is 8.81 Å². The van der Waals surface area contributed by atoms with Crippen molar-refractivity contribution in [1.29, 1.82) is 0 Å². The second-order valence-corrected chi connectivity index (χ2v) is 11.9. The third-order valence-corrected chi connectivity index (χ3v) is 9.04. The summed E-state index contributed by atoms with van der Waals surface area (Å²) in [5.41, 5.74) is 4.85. The smallest absolute Gasteiger partial charge is 1.00 e. The van der Waals surface area contributed by atoms with Gasteiger partial charge in [0.15, 0.2) is 0 Å². The van der Waals surface area contributed by atoms with Crippen LogP contribution in [0.3, 0.4) is 0 Å². The average molecular weight is 915 g/mol. The van der Waals surface area contributed by atoms with E-state index in [2.05, 4.69) is 171 Å². The normalized spacial score (nSPS) is 9.57. The Kier molecular flexibility index (Phi) is 19.6. The van der Waals surface area contributed by atoms with E-state index in [9.17, 15) is 0 Å². The van der Waals surface area contributed by atoms with Crippen LogP contribution in [-0.4, -0.2) is 4.68 Å². The minimum atomic E-state index is -0.446. The van der Waals surface area contributed by atoms with Crippen LogP contribution in [0.1, 0.15) is 23.9 Å². The SMILES string of the molecule is CCn1c(C)[c-]c(C)[n+]1-c1ccccc1.Cc1ccccc1.[I-].[I-].[Pd+2].c1ccc(P(c2ccccc2)c2ccccc2)cc1. The van der Waals surface area contributed by atoms with Crippen molar-refractivity contribution >= 4 is 23.8 Å². The fourth-order valence-corrected chi connectivity index (χ4v) is 7.01. The van der Waals surface area contributed by atoms with Crippen LogP contribution in [-0.2, 0) is 27.0 Å². The molecule has 0 aliphatic rings. The van der Waals surface area contributed by atoms with E-state index in [1.807, 2.05) is 24.3 Å². The summed E-state index contributed by atoms with van der Waals surface area (Å²) in [7, 11) is -0.446. The molecular formula is C38H39I2N2PPd. The predicted molar refractivity (Wildman–Crippen MR) is 176 cm³/mol. The summed E-state index contributed by atoms with van der Waals surface area (Å²) >= 11 is 0. The molecule has 44 heavy (non-hydrogen) atoms. The van der Waals surface area contributed by atoms with E-state index in [0.717, 1.165) is 12.2 Å². The Hall–Kier alpha value is -2.14. The molecule has 0 radical (unpaired) electrons. The van der Waals surface area contributed by atoms with Crippen LogP contribution in [0.2, 0.25) is 0 Å².